The highest BCUT2D eigenvalue weighted by Crippen LogP contribution is 2.45. The highest BCUT2D eigenvalue weighted by molar-refractivity contribution is 5.37. The molecule has 0 aromatic heterocycles. The van der Waals surface area contributed by atoms with Gasteiger partial charge in [-0.3, -0.25) is 4.90 Å². The normalized spacial score (nSPS) is 22.6. The van der Waals surface area contributed by atoms with Crippen LogP contribution in [0.1, 0.15) is 24.0 Å². The van der Waals surface area contributed by atoms with Gasteiger partial charge in [-0.15, -0.1) is 0 Å². The lowest BCUT2D eigenvalue weighted by atomic mass is 9.88. The van der Waals surface area contributed by atoms with E-state index in [0.717, 1.165) is 25.4 Å². The van der Waals surface area contributed by atoms with Crippen LogP contribution in [0.15, 0.2) is 18.2 Å². The van der Waals surface area contributed by atoms with Crippen molar-refractivity contribution in [1.29, 1.82) is 0 Å². The molecule has 0 radical (unpaired) electrons. The first-order valence-corrected chi connectivity index (χ1v) is 6.69. The van der Waals surface area contributed by atoms with Crippen molar-refractivity contribution < 1.29 is 9.84 Å². The molecule has 2 aliphatic rings. The fourth-order valence-corrected chi connectivity index (χ4v) is 2.99. The average molecular weight is 247 g/mol. The maximum Gasteiger partial charge on any atom is 0.123 e. The lowest BCUT2D eigenvalue weighted by Crippen LogP contribution is -2.62. The number of hydrogen-bond acceptors (Lipinski definition) is 3. The Morgan fingerprint density at radius 1 is 1.39 bits per heavy atom. The van der Waals surface area contributed by atoms with Crippen LogP contribution in [-0.4, -0.2) is 35.8 Å². The van der Waals surface area contributed by atoms with Gasteiger partial charge in [0, 0.05) is 25.2 Å². The zero-order valence-corrected chi connectivity index (χ0v) is 11.1. The van der Waals surface area contributed by atoms with Gasteiger partial charge in [-0.05, 0) is 31.7 Å². The van der Waals surface area contributed by atoms with E-state index in [9.17, 15) is 5.11 Å². The van der Waals surface area contributed by atoms with Crippen LogP contribution >= 0.6 is 0 Å². The number of nitrogens with zero attached hydrogens (tertiary/aromatic N) is 1. The Balaban J connectivity index is 1.65. The van der Waals surface area contributed by atoms with E-state index in [1.54, 1.807) is 7.11 Å². The van der Waals surface area contributed by atoms with E-state index in [0.29, 0.717) is 5.92 Å². The summed E-state index contributed by atoms with van der Waals surface area (Å²) in [5.41, 5.74) is 2.08. The van der Waals surface area contributed by atoms with Gasteiger partial charge in [0.1, 0.15) is 5.75 Å². The SMILES string of the molecule is COc1ccc(C)cc1CN1CC(O)(C2CC2)C1. The molecule has 3 rings (SSSR count). The van der Waals surface area contributed by atoms with Crippen LogP contribution in [-0.2, 0) is 6.54 Å². The Labute approximate surface area is 108 Å². The molecule has 3 heteroatoms. The lowest BCUT2D eigenvalue weighted by molar-refractivity contribution is -0.116. The number of likely N-dealkylation sites (tertiary alicyclic amines) is 1. The second-order valence-corrected chi connectivity index (χ2v) is 5.84. The minimum Gasteiger partial charge on any atom is -0.496 e. The smallest absolute Gasteiger partial charge is 0.123 e. The largest absolute Gasteiger partial charge is 0.496 e. The van der Waals surface area contributed by atoms with Crippen molar-refractivity contribution in [3.63, 3.8) is 0 Å². The summed E-state index contributed by atoms with van der Waals surface area (Å²) in [5, 5.41) is 10.3. The third kappa shape index (κ3) is 2.13. The number of hydrogen-bond donors (Lipinski definition) is 1. The standard InChI is InChI=1S/C15H21NO2/c1-11-3-6-14(18-2)12(7-11)8-16-9-15(17,10-16)13-4-5-13/h3,6-7,13,17H,4-5,8-10H2,1-2H3. The third-order valence-electron chi connectivity index (χ3n) is 4.16. The Hall–Kier alpha value is -1.06. The first-order chi connectivity index (χ1) is 8.60. The first-order valence-electron chi connectivity index (χ1n) is 6.69. The monoisotopic (exact) mass is 247 g/mol. The summed E-state index contributed by atoms with van der Waals surface area (Å²) >= 11 is 0. The third-order valence-corrected chi connectivity index (χ3v) is 4.16. The second-order valence-electron chi connectivity index (χ2n) is 5.84. The van der Waals surface area contributed by atoms with Crippen LogP contribution in [0.25, 0.3) is 0 Å². The number of aliphatic hydroxyl groups is 1. The van der Waals surface area contributed by atoms with Gasteiger partial charge in [-0.2, -0.15) is 0 Å². The molecule has 3 nitrogen and oxygen atoms in total. The molecule has 1 aromatic carbocycles. The number of benzene rings is 1. The lowest BCUT2D eigenvalue weighted by Gasteiger charge is -2.47. The predicted octanol–water partition coefficient (Wildman–Crippen LogP) is 1.96. The first kappa shape index (κ1) is 12.0. The van der Waals surface area contributed by atoms with Crippen LogP contribution in [0.3, 0.4) is 0 Å². The molecule has 1 aliphatic carbocycles. The molecular formula is C15H21NO2. The second kappa shape index (κ2) is 4.25. The highest BCUT2D eigenvalue weighted by Gasteiger charge is 2.51. The van der Waals surface area contributed by atoms with Crippen molar-refractivity contribution in [3.8, 4) is 5.75 Å². The molecule has 1 N–H and O–H groups in total. The van der Waals surface area contributed by atoms with Gasteiger partial charge in [0.05, 0.1) is 12.7 Å². The average Bonchev–Trinajstić information content (AvgIpc) is 3.11. The molecule has 1 aliphatic heterocycles. The fraction of sp³-hybridized carbons (Fsp3) is 0.600. The Morgan fingerprint density at radius 2 is 2.11 bits per heavy atom. The molecule has 0 spiro atoms. The summed E-state index contributed by atoms with van der Waals surface area (Å²) in [6, 6.07) is 6.27. The van der Waals surface area contributed by atoms with Crippen LogP contribution < -0.4 is 4.74 Å². The molecule has 1 aromatic rings. The summed E-state index contributed by atoms with van der Waals surface area (Å²) in [7, 11) is 1.71. The van der Waals surface area contributed by atoms with Crippen LogP contribution in [0, 0.1) is 12.8 Å². The number of methoxy groups -OCH3 is 1. The molecule has 0 unspecified atom stereocenters. The minimum absolute atomic E-state index is 0.392. The fourth-order valence-electron chi connectivity index (χ4n) is 2.99. The van der Waals surface area contributed by atoms with Gasteiger partial charge in [-0.1, -0.05) is 17.7 Å². The molecule has 1 saturated heterocycles. The molecule has 1 saturated carbocycles. The summed E-state index contributed by atoms with van der Waals surface area (Å²) in [6.07, 6.45) is 2.41. The van der Waals surface area contributed by atoms with E-state index in [1.807, 2.05) is 6.07 Å². The van der Waals surface area contributed by atoms with Gasteiger partial charge in [0.25, 0.3) is 0 Å². The zero-order chi connectivity index (χ0) is 12.8. The maximum absolute atomic E-state index is 10.3. The minimum atomic E-state index is -0.392. The number of β-amino-alcohol motifs (C(OH)–C–C–N with tert-alkyl or cyclic N) is 1. The predicted molar refractivity (Wildman–Crippen MR) is 70.7 cm³/mol. The van der Waals surface area contributed by atoms with E-state index in [2.05, 4.69) is 24.0 Å². The van der Waals surface area contributed by atoms with Crippen molar-refractivity contribution >= 4 is 0 Å². The highest BCUT2D eigenvalue weighted by atomic mass is 16.5. The van der Waals surface area contributed by atoms with Gasteiger partial charge in [-0.25, -0.2) is 0 Å². The van der Waals surface area contributed by atoms with Crippen molar-refractivity contribution in [2.75, 3.05) is 20.2 Å². The summed E-state index contributed by atoms with van der Waals surface area (Å²) < 4.78 is 5.39. The number of ether oxygens (including phenoxy) is 1. The van der Waals surface area contributed by atoms with Crippen LogP contribution in [0.5, 0.6) is 5.75 Å². The molecule has 0 amide bonds. The van der Waals surface area contributed by atoms with E-state index >= 15 is 0 Å². The van der Waals surface area contributed by atoms with Crippen LogP contribution in [0.2, 0.25) is 0 Å². The van der Waals surface area contributed by atoms with Gasteiger partial charge >= 0.3 is 0 Å². The van der Waals surface area contributed by atoms with Gasteiger partial charge < -0.3 is 9.84 Å². The Kier molecular flexibility index (Phi) is 2.83. The van der Waals surface area contributed by atoms with E-state index in [4.69, 9.17) is 4.74 Å². The maximum atomic E-state index is 10.3. The van der Waals surface area contributed by atoms with Crippen LogP contribution in [0.4, 0.5) is 0 Å². The topological polar surface area (TPSA) is 32.7 Å². The quantitative estimate of drug-likeness (QED) is 0.883. The molecule has 0 bridgehead atoms. The van der Waals surface area contributed by atoms with Gasteiger partial charge in [0.15, 0.2) is 0 Å². The molecule has 1 heterocycles. The van der Waals surface area contributed by atoms with Crippen molar-refractivity contribution in [3.05, 3.63) is 29.3 Å². The number of aryl methyl sites for hydroxylation is 1. The van der Waals surface area contributed by atoms with E-state index < -0.39 is 5.60 Å². The number of rotatable bonds is 4. The molecule has 0 atom stereocenters. The Morgan fingerprint density at radius 3 is 2.72 bits per heavy atom. The van der Waals surface area contributed by atoms with E-state index in [1.165, 1.54) is 24.0 Å². The zero-order valence-electron chi connectivity index (χ0n) is 11.1. The summed E-state index contributed by atoms with van der Waals surface area (Å²) in [6.45, 7) is 4.60. The van der Waals surface area contributed by atoms with Crippen molar-refractivity contribution in [1.82, 2.24) is 4.90 Å². The van der Waals surface area contributed by atoms with Crippen molar-refractivity contribution in [2.45, 2.75) is 31.9 Å². The summed E-state index contributed by atoms with van der Waals surface area (Å²) in [5.74, 6) is 1.51. The molecule has 98 valence electrons. The molecule has 18 heavy (non-hydrogen) atoms. The van der Waals surface area contributed by atoms with E-state index in [-0.39, 0.29) is 0 Å². The Bertz CT molecular complexity index is 448. The summed E-state index contributed by atoms with van der Waals surface area (Å²) in [4.78, 5) is 2.30. The van der Waals surface area contributed by atoms with Crippen molar-refractivity contribution in [2.24, 2.45) is 5.92 Å². The molecular weight excluding hydrogens is 226 g/mol. The van der Waals surface area contributed by atoms with Gasteiger partial charge in [0.2, 0.25) is 0 Å². The molecule has 2 fully saturated rings.